The molecule has 0 spiro atoms. The number of aliphatic hydroxyl groups is 3. The number of amides is 3. The Kier molecular flexibility index (Phi) is 19.2. The van der Waals surface area contributed by atoms with Crippen molar-refractivity contribution < 1.29 is 59.7 Å². The van der Waals surface area contributed by atoms with Crippen LogP contribution in [0.2, 0.25) is 0 Å². The standard InChI is InChI=1S/C19H22N7O3.C6H13NO5.Tc/c1-21-18(28)15(25-17(27)13-8-9-16(26-20)24-12-13)7-3-5-11-23-19(29)14-6-2-4-10-22-14;8-2-6(3-9,4-10)7-1-5(11)12;/h2,4,6,8-10,12,15H,3,5,7,11H2,1H3,(H,21,28)(H,23,29)(H,25,27);7-10H,1-4H2,(H,11,12);/q-1;;. The number of carboxylic acid groups (broad SMARTS) is 1. The quantitative estimate of drug-likeness (QED) is 0.0788. The fraction of sp³-hybridized carbons (Fsp3) is 0.440. The molecule has 0 aliphatic carbocycles. The van der Waals surface area contributed by atoms with Gasteiger partial charge in [-0.3, -0.25) is 29.5 Å². The fourth-order valence-corrected chi connectivity index (χ4v) is 3.11. The molecular formula is C25H35N8O8Tc-. The van der Waals surface area contributed by atoms with Crippen molar-refractivity contribution in [2.75, 3.05) is 40.0 Å². The summed E-state index contributed by atoms with van der Waals surface area (Å²) in [5.74, 6) is -2.07. The van der Waals surface area contributed by atoms with E-state index in [1.807, 2.05) is 0 Å². The van der Waals surface area contributed by atoms with Gasteiger partial charge in [0.25, 0.3) is 11.8 Å². The van der Waals surface area contributed by atoms with Crippen molar-refractivity contribution in [1.29, 1.82) is 0 Å². The van der Waals surface area contributed by atoms with Gasteiger partial charge in [-0.2, -0.15) is 0 Å². The van der Waals surface area contributed by atoms with Crippen LogP contribution in [-0.2, 0) is 29.7 Å². The zero-order chi connectivity index (χ0) is 30.7. The number of pyridine rings is 2. The van der Waals surface area contributed by atoms with Crippen LogP contribution >= 0.6 is 0 Å². The molecule has 16 nitrogen and oxygen atoms in total. The molecule has 0 aromatic carbocycles. The topological polar surface area (TPSA) is 258 Å². The largest absolute Gasteiger partial charge is 0.705 e. The van der Waals surface area contributed by atoms with E-state index < -0.39 is 49.8 Å². The molecule has 0 saturated heterocycles. The van der Waals surface area contributed by atoms with Crippen LogP contribution in [0.5, 0.6) is 0 Å². The third-order valence-electron chi connectivity index (χ3n) is 5.61. The third kappa shape index (κ3) is 13.8. The summed E-state index contributed by atoms with van der Waals surface area (Å²) in [5, 5.41) is 47.6. The number of hydrogen-bond donors (Lipinski definition) is 8. The molecule has 0 aliphatic heterocycles. The first-order valence-corrected chi connectivity index (χ1v) is 12.5. The van der Waals surface area contributed by atoms with Crippen LogP contribution in [0.3, 0.4) is 0 Å². The molecule has 2 rings (SSSR count). The molecule has 3 amide bonds. The molecule has 0 saturated carbocycles. The second kappa shape index (κ2) is 21.0. The SMILES string of the molecule is CNC(=O)C(CCCCNC(=O)c1ccccn1)NC(=O)c1ccc(N=[N-])nc1.O=C(O)CNC(CO)(CO)CO.[Tc]. The van der Waals surface area contributed by atoms with Crippen LogP contribution in [0.15, 0.2) is 47.8 Å². The van der Waals surface area contributed by atoms with Gasteiger partial charge >= 0.3 is 5.97 Å². The van der Waals surface area contributed by atoms with Crippen molar-refractivity contribution in [2.24, 2.45) is 5.11 Å². The number of aromatic nitrogens is 2. The van der Waals surface area contributed by atoms with Crippen LogP contribution in [0.25, 0.3) is 5.53 Å². The van der Waals surface area contributed by atoms with E-state index in [9.17, 15) is 19.2 Å². The number of hydrogen-bond acceptors (Lipinski definition) is 11. The van der Waals surface area contributed by atoms with Crippen molar-refractivity contribution in [1.82, 2.24) is 31.2 Å². The second-order valence-electron chi connectivity index (χ2n) is 8.61. The second-order valence-corrected chi connectivity index (χ2v) is 8.61. The van der Waals surface area contributed by atoms with E-state index in [1.165, 1.54) is 25.4 Å². The number of nitrogens with zero attached hydrogens (tertiary/aromatic N) is 4. The minimum Gasteiger partial charge on any atom is -0.705 e. The molecule has 231 valence electrons. The average Bonchev–Trinajstić information content (AvgIpc) is 3.01. The Morgan fingerprint density at radius 1 is 1.00 bits per heavy atom. The predicted octanol–water partition coefficient (Wildman–Crippen LogP) is -1.05. The normalized spacial score (nSPS) is 11.0. The van der Waals surface area contributed by atoms with Gasteiger partial charge in [-0.1, -0.05) is 6.07 Å². The van der Waals surface area contributed by atoms with Crippen LogP contribution in [0.1, 0.15) is 40.1 Å². The molecule has 1 atom stereocenters. The Bertz CT molecular complexity index is 1110. The maximum atomic E-state index is 12.3. The molecule has 0 aliphatic rings. The van der Waals surface area contributed by atoms with Gasteiger partial charge in [-0.15, -0.1) is 0 Å². The van der Waals surface area contributed by atoms with Crippen molar-refractivity contribution >= 4 is 29.5 Å². The molecule has 8 N–H and O–H groups in total. The molecule has 1 unspecified atom stereocenters. The predicted molar refractivity (Wildman–Crippen MR) is 145 cm³/mol. The Labute approximate surface area is 255 Å². The van der Waals surface area contributed by atoms with Crippen LogP contribution in [0.4, 0.5) is 5.82 Å². The summed E-state index contributed by atoms with van der Waals surface area (Å²) in [4.78, 5) is 54.2. The van der Waals surface area contributed by atoms with Crippen LogP contribution in [0, 0.1) is 0 Å². The van der Waals surface area contributed by atoms with Gasteiger partial charge < -0.3 is 47.0 Å². The van der Waals surface area contributed by atoms with E-state index >= 15 is 0 Å². The number of carboxylic acids is 1. The molecule has 2 aromatic heterocycles. The van der Waals surface area contributed by atoms with E-state index in [0.717, 1.165) is 0 Å². The number of carbonyl (C=O) groups excluding carboxylic acids is 3. The minimum atomic E-state index is -1.31. The number of rotatable bonds is 16. The Hall–Kier alpha value is -3.73. The smallest absolute Gasteiger partial charge is 0.317 e. The Morgan fingerprint density at radius 2 is 1.69 bits per heavy atom. The average molecular weight is 674 g/mol. The summed E-state index contributed by atoms with van der Waals surface area (Å²) in [6, 6.07) is 7.21. The van der Waals surface area contributed by atoms with E-state index in [0.29, 0.717) is 31.5 Å². The van der Waals surface area contributed by atoms with Gasteiger partial charge in [0.1, 0.15) is 17.6 Å². The summed E-state index contributed by atoms with van der Waals surface area (Å²) in [5.41, 5.74) is 7.92. The molecule has 2 aromatic rings. The van der Waals surface area contributed by atoms with E-state index in [4.69, 9.17) is 26.0 Å². The van der Waals surface area contributed by atoms with E-state index in [2.05, 4.69) is 36.3 Å². The summed E-state index contributed by atoms with van der Waals surface area (Å²) in [7, 11) is 1.49. The molecule has 0 fully saturated rings. The monoisotopic (exact) mass is 672 g/mol. The number of aliphatic hydroxyl groups excluding tert-OH is 3. The van der Waals surface area contributed by atoms with Gasteiger partial charge in [0.05, 0.1) is 37.5 Å². The third-order valence-corrected chi connectivity index (χ3v) is 5.61. The molecule has 17 heteroatoms. The first-order valence-electron chi connectivity index (χ1n) is 12.5. The molecule has 2 heterocycles. The maximum Gasteiger partial charge on any atom is 0.317 e. The van der Waals surface area contributed by atoms with Crippen LogP contribution in [-0.4, -0.2) is 106 Å². The van der Waals surface area contributed by atoms with Crippen molar-refractivity contribution in [3.63, 3.8) is 0 Å². The van der Waals surface area contributed by atoms with Gasteiger partial charge in [0.15, 0.2) is 0 Å². The number of likely N-dealkylation sites (N-methyl/N-ethyl adjacent to an activating group) is 1. The first-order chi connectivity index (χ1) is 19.6. The minimum absolute atomic E-state index is 0. The van der Waals surface area contributed by atoms with E-state index in [1.54, 1.807) is 24.4 Å². The summed E-state index contributed by atoms with van der Waals surface area (Å²) in [6.07, 6.45) is 4.46. The molecule has 0 bridgehead atoms. The fourth-order valence-electron chi connectivity index (χ4n) is 3.11. The van der Waals surface area contributed by atoms with Crippen molar-refractivity contribution in [2.45, 2.75) is 30.8 Å². The molecule has 42 heavy (non-hydrogen) atoms. The van der Waals surface area contributed by atoms with Crippen molar-refractivity contribution in [3.8, 4) is 0 Å². The maximum absolute atomic E-state index is 12.3. The van der Waals surface area contributed by atoms with Crippen molar-refractivity contribution in [3.05, 3.63) is 59.5 Å². The summed E-state index contributed by atoms with van der Waals surface area (Å²) >= 11 is 0. The molecular weight excluding hydrogens is 638 g/mol. The van der Waals surface area contributed by atoms with Gasteiger partial charge in [-0.05, 0) is 43.5 Å². The van der Waals surface area contributed by atoms with Crippen LogP contribution < -0.4 is 21.3 Å². The van der Waals surface area contributed by atoms with E-state index in [-0.39, 0.29) is 43.3 Å². The summed E-state index contributed by atoms with van der Waals surface area (Å²) in [6.45, 7) is -1.55. The number of nitrogens with one attached hydrogen (secondary N) is 4. The Morgan fingerprint density at radius 3 is 2.19 bits per heavy atom. The zero-order valence-corrected chi connectivity index (χ0v) is 24.7. The molecule has 1 radical (unpaired) electrons. The van der Waals surface area contributed by atoms with Gasteiger partial charge in [0, 0.05) is 46.1 Å². The number of carbonyl (C=O) groups is 4. The zero-order valence-electron chi connectivity index (χ0n) is 22.9. The van der Waals surface area contributed by atoms with Gasteiger partial charge in [0.2, 0.25) is 5.91 Å². The Balaban J connectivity index is 0.00000110. The first kappa shape index (κ1) is 38.3. The van der Waals surface area contributed by atoms with Gasteiger partial charge in [-0.25, -0.2) is 4.98 Å². The number of unbranched alkanes of at least 4 members (excludes halogenated alkanes) is 1. The summed E-state index contributed by atoms with van der Waals surface area (Å²) < 4.78 is 0. The number of aliphatic carboxylic acids is 1.